The van der Waals surface area contributed by atoms with E-state index >= 15 is 0 Å². The molecule has 0 N–H and O–H groups in total. The first kappa shape index (κ1) is 15.0. The van der Waals surface area contributed by atoms with Crippen LogP contribution in [0.1, 0.15) is 12.8 Å². The summed E-state index contributed by atoms with van der Waals surface area (Å²) in [6, 6.07) is 21.9. The van der Waals surface area contributed by atoms with Gasteiger partial charge < -0.3 is 0 Å². The Hall–Kier alpha value is -1.42. The normalized spacial score (nSPS) is 14.1. The van der Waals surface area contributed by atoms with Crippen LogP contribution in [0, 0.1) is 0 Å². The minimum absolute atomic E-state index is 0.308. The highest BCUT2D eigenvalue weighted by Crippen LogP contribution is 2.39. The molecule has 1 saturated carbocycles. The molecule has 1 fully saturated rings. The largest absolute Gasteiger partial charge is 0.379 e. The number of benzene rings is 2. The van der Waals surface area contributed by atoms with Gasteiger partial charge in [0.15, 0.2) is 9.79 Å². The van der Waals surface area contributed by atoms with E-state index in [2.05, 4.69) is 60.7 Å². The van der Waals surface area contributed by atoms with Gasteiger partial charge in [0.1, 0.15) is 5.25 Å². The van der Waals surface area contributed by atoms with Crippen LogP contribution in [-0.4, -0.2) is 11.9 Å². The highest BCUT2D eigenvalue weighted by molar-refractivity contribution is 7.97. The average molecular weight is 297 g/mol. The Bertz CT molecular complexity index is 455. The zero-order valence-electron chi connectivity index (χ0n) is 10.9. The van der Waals surface area contributed by atoms with Crippen LogP contribution in [0.25, 0.3) is 0 Å². The molecular formula is C16H16F3S+. The molecule has 0 spiro atoms. The van der Waals surface area contributed by atoms with Gasteiger partial charge in [-0.25, -0.2) is 0 Å². The summed E-state index contributed by atoms with van der Waals surface area (Å²) in [5.41, 5.74) is 0. The van der Waals surface area contributed by atoms with Gasteiger partial charge in [-0.2, -0.15) is 13.2 Å². The third kappa shape index (κ3) is 4.60. The van der Waals surface area contributed by atoms with E-state index in [-0.39, 0.29) is 0 Å². The zero-order valence-corrected chi connectivity index (χ0v) is 11.7. The summed E-state index contributed by atoms with van der Waals surface area (Å²) in [5, 5.41) is 0.893. The maximum atomic E-state index is 9.67. The first-order valence-corrected chi connectivity index (χ1v) is 7.72. The first-order chi connectivity index (χ1) is 9.68. The molecule has 0 nitrogen and oxygen atoms in total. The Kier molecular flexibility index (Phi) is 5.53. The molecule has 0 unspecified atom stereocenters. The van der Waals surface area contributed by atoms with Gasteiger partial charge in [-0.1, -0.05) is 36.4 Å². The van der Waals surface area contributed by atoms with Crippen molar-refractivity contribution in [3.05, 3.63) is 60.7 Å². The summed E-state index contributed by atoms with van der Waals surface area (Å²) in [6.07, 6.45) is 2.79. The molecule has 0 aliphatic heterocycles. The highest BCUT2D eigenvalue weighted by atomic mass is 32.2. The third-order valence-electron chi connectivity index (χ3n) is 2.85. The van der Waals surface area contributed by atoms with Gasteiger partial charge in [-0.05, 0) is 24.3 Å². The Morgan fingerprint density at radius 2 is 1.10 bits per heavy atom. The first-order valence-electron chi connectivity index (χ1n) is 6.44. The van der Waals surface area contributed by atoms with E-state index in [1.807, 2.05) is 0 Å². The number of halogens is 3. The van der Waals surface area contributed by atoms with Crippen LogP contribution in [0.3, 0.4) is 0 Å². The Morgan fingerprint density at radius 3 is 1.40 bits per heavy atom. The lowest BCUT2D eigenvalue weighted by Crippen LogP contribution is -2.08. The molecule has 4 heteroatoms. The van der Waals surface area contributed by atoms with Gasteiger partial charge in [0.05, 0.1) is 10.9 Å². The molecule has 0 bridgehead atoms. The fraction of sp³-hybridized carbons (Fsp3) is 0.250. The number of rotatable bonds is 3. The fourth-order valence-corrected chi connectivity index (χ4v) is 4.51. The van der Waals surface area contributed by atoms with E-state index in [1.54, 1.807) is 0 Å². The molecule has 20 heavy (non-hydrogen) atoms. The van der Waals surface area contributed by atoms with Crippen LogP contribution < -0.4 is 0 Å². The average Bonchev–Trinajstić information content (AvgIpc) is 3.26. The van der Waals surface area contributed by atoms with E-state index in [9.17, 15) is 13.2 Å². The third-order valence-corrected chi connectivity index (χ3v) is 5.55. The van der Waals surface area contributed by atoms with Crippen molar-refractivity contribution in [1.82, 2.24) is 0 Å². The van der Waals surface area contributed by atoms with Crippen LogP contribution in [-0.2, 0) is 10.9 Å². The lowest BCUT2D eigenvalue weighted by molar-refractivity contribution is 0.00819. The molecule has 1 aliphatic rings. The van der Waals surface area contributed by atoms with E-state index in [0.29, 0.717) is 10.9 Å². The van der Waals surface area contributed by atoms with E-state index in [1.165, 1.54) is 22.6 Å². The summed E-state index contributed by atoms with van der Waals surface area (Å²) in [7, 11) is 0.308. The predicted octanol–water partition coefficient (Wildman–Crippen LogP) is 5.06. The van der Waals surface area contributed by atoms with E-state index < -0.39 is 6.68 Å². The molecule has 0 heterocycles. The van der Waals surface area contributed by atoms with Crippen molar-refractivity contribution < 1.29 is 13.2 Å². The monoisotopic (exact) mass is 297 g/mol. The lowest BCUT2D eigenvalue weighted by atomic mass is 10.4. The molecule has 0 amide bonds. The molecule has 2 aromatic carbocycles. The van der Waals surface area contributed by atoms with E-state index in [4.69, 9.17) is 0 Å². The van der Waals surface area contributed by atoms with Crippen molar-refractivity contribution >= 4 is 10.9 Å². The van der Waals surface area contributed by atoms with Gasteiger partial charge in [-0.3, -0.25) is 0 Å². The quantitative estimate of drug-likeness (QED) is 0.694. The van der Waals surface area contributed by atoms with Gasteiger partial charge in [0, 0.05) is 12.8 Å². The second-order valence-corrected chi connectivity index (χ2v) is 6.70. The summed E-state index contributed by atoms with van der Waals surface area (Å²) < 4.78 is 29.0. The Labute approximate surface area is 120 Å². The number of hydrogen-bond donors (Lipinski definition) is 0. The molecule has 0 radical (unpaired) electrons. The minimum atomic E-state index is -3.67. The summed E-state index contributed by atoms with van der Waals surface area (Å²) in [5.74, 6) is 0. The molecule has 0 atom stereocenters. The van der Waals surface area contributed by atoms with Crippen molar-refractivity contribution in [2.45, 2.75) is 34.6 Å². The fourth-order valence-electron chi connectivity index (χ4n) is 1.96. The molecular weight excluding hydrogens is 281 g/mol. The maximum absolute atomic E-state index is 9.67. The number of alkyl halides is 3. The van der Waals surface area contributed by atoms with Crippen LogP contribution in [0.2, 0.25) is 0 Å². The van der Waals surface area contributed by atoms with Gasteiger partial charge in [-0.15, -0.1) is 0 Å². The lowest BCUT2D eigenvalue weighted by Gasteiger charge is -2.06. The van der Waals surface area contributed by atoms with Crippen molar-refractivity contribution in [2.75, 3.05) is 0 Å². The van der Waals surface area contributed by atoms with Gasteiger partial charge >= 0.3 is 6.68 Å². The Balaban J connectivity index is 0.000000328. The Morgan fingerprint density at radius 1 is 0.750 bits per heavy atom. The molecule has 1 aliphatic carbocycles. The molecule has 2 aromatic rings. The van der Waals surface area contributed by atoms with Gasteiger partial charge in [0.25, 0.3) is 0 Å². The second kappa shape index (κ2) is 7.39. The topological polar surface area (TPSA) is 0 Å². The van der Waals surface area contributed by atoms with E-state index in [0.717, 1.165) is 5.25 Å². The molecule has 0 saturated heterocycles. The predicted molar refractivity (Wildman–Crippen MR) is 76.9 cm³/mol. The standard InChI is InChI=1S/C15H15S.CHF3/c1-3-7-13(8-4-1)16(15-11-12-15)14-9-5-2-6-10-14;2-1(3)4/h1-10,15H,11-12H2;1H/q+1;. The van der Waals surface area contributed by atoms with Crippen molar-refractivity contribution in [3.8, 4) is 0 Å². The maximum Gasteiger partial charge on any atom is 0.379 e. The number of hydrogen-bond acceptors (Lipinski definition) is 0. The minimum Gasteiger partial charge on any atom is -0.174 e. The van der Waals surface area contributed by atoms with Crippen molar-refractivity contribution in [2.24, 2.45) is 0 Å². The van der Waals surface area contributed by atoms with Crippen LogP contribution >= 0.6 is 0 Å². The summed E-state index contributed by atoms with van der Waals surface area (Å²) in [4.78, 5) is 2.99. The molecule has 0 aromatic heterocycles. The van der Waals surface area contributed by atoms with Crippen molar-refractivity contribution in [3.63, 3.8) is 0 Å². The summed E-state index contributed by atoms with van der Waals surface area (Å²) >= 11 is 0. The van der Waals surface area contributed by atoms with Crippen molar-refractivity contribution in [1.29, 1.82) is 0 Å². The highest BCUT2D eigenvalue weighted by Gasteiger charge is 2.43. The van der Waals surface area contributed by atoms with Crippen LogP contribution in [0.15, 0.2) is 70.5 Å². The summed E-state index contributed by atoms with van der Waals surface area (Å²) in [6.45, 7) is -3.67. The molecule has 106 valence electrons. The van der Waals surface area contributed by atoms with Gasteiger partial charge in [0.2, 0.25) is 0 Å². The van der Waals surface area contributed by atoms with Crippen LogP contribution in [0.4, 0.5) is 13.2 Å². The second-order valence-electron chi connectivity index (χ2n) is 4.41. The van der Waals surface area contributed by atoms with Crippen LogP contribution in [0.5, 0.6) is 0 Å². The zero-order chi connectivity index (χ0) is 14.4. The smallest absolute Gasteiger partial charge is 0.174 e. The SMILES string of the molecule is FC(F)F.c1ccc([S+](c2ccccc2)C2CC2)cc1. The molecule has 3 rings (SSSR count).